The SMILES string of the molecule is COc1ccc(NC(=O)c2cc(N)ccc2F)c(OC)c1. The first-order valence-corrected chi connectivity index (χ1v) is 6.13. The van der Waals surface area contributed by atoms with E-state index in [1.165, 1.54) is 26.4 Å². The Hall–Kier alpha value is -2.76. The molecule has 0 atom stereocenters. The zero-order valence-corrected chi connectivity index (χ0v) is 11.6. The first-order chi connectivity index (χ1) is 10.0. The minimum Gasteiger partial charge on any atom is -0.497 e. The number of carbonyl (C=O) groups is 1. The monoisotopic (exact) mass is 290 g/mol. The van der Waals surface area contributed by atoms with E-state index in [9.17, 15) is 9.18 Å². The van der Waals surface area contributed by atoms with E-state index in [0.717, 1.165) is 6.07 Å². The van der Waals surface area contributed by atoms with E-state index in [-0.39, 0.29) is 5.56 Å². The fraction of sp³-hybridized carbons (Fsp3) is 0.133. The van der Waals surface area contributed by atoms with Crippen molar-refractivity contribution >= 4 is 17.3 Å². The number of nitrogen functional groups attached to an aromatic ring is 1. The molecule has 110 valence electrons. The van der Waals surface area contributed by atoms with Crippen LogP contribution < -0.4 is 20.5 Å². The molecule has 0 fully saturated rings. The van der Waals surface area contributed by atoms with Gasteiger partial charge in [-0.2, -0.15) is 0 Å². The number of carbonyl (C=O) groups excluding carboxylic acids is 1. The van der Waals surface area contributed by atoms with E-state index < -0.39 is 11.7 Å². The summed E-state index contributed by atoms with van der Waals surface area (Å²) in [6, 6.07) is 8.70. The molecule has 21 heavy (non-hydrogen) atoms. The van der Waals surface area contributed by atoms with Crippen LogP contribution in [-0.2, 0) is 0 Å². The molecular weight excluding hydrogens is 275 g/mol. The summed E-state index contributed by atoms with van der Waals surface area (Å²) in [6.45, 7) is 0. The van der Waals surface area contributed by atoms with Crippen LogP contribution in [0.5, 0.6) is 11.5 Å². The summed E-state index contributed by atoms with van der Waals surface area (Å²) in [4.78, 5) is 12.1. The van der Waals surface area contributed by atoms with E-state index >= 15 is 0 Å². The summed E-state index contributed by atoms with van der Waals surface area (Å²) in [6.07, 6.45) is 0. The number of anilines is 2. The number of hydrogen-bond acceptors (Lipinski definition) is 4. The minimum atomic E-state index is -0.644. The standard InChI is InChI=1S/C15H15FN2O3/c1-20-10-4-6-13(14(8-10)21-2)18-15(19)11-7-9(17)3-5-12(11)16/h3-8H,17H2,1-2H3,(H,18,19). The second-order valence-corrected chi connectivity index (χ2v) is 4.26. The first kappa shape index (κ1) is 14.6. The summed E-state index contributed by atoms with van der Waals surface area (Å²) < 4.78 is 23.9. The van der Waals surface area contributed by atoms with Crippen molar-refractivity contribution in [3.8, 4) is 11.5 Å². The average Bonchev–Trinajstić information content (AvgIpc) is 2.49. The molecule has 2 aromatic carbocycles. The Morgan fingerprint density at radius 1 is 1.14 bits per heavy atom. The van der Waals surface area contributed by atoms with Gasteiger partial charge in [-0.25, -0.2) is 4.39 Å². The van der Waals surface area contributed by atoms with Crippen molar-refractivity contribution in [2.75, 3.05) is 25.3 Å². The van der Waals surface area contributed by atoms with Gasteiger partial charge in [0.2, 0.25) is 0 Å². The number of hydrogen-bond donors (Lipinski definition) is 2. The number of amides is 1. The quantitative estimate of drug-likeness (QED) is 0.849. The summed E-state index contributed by atoms with van der Waals surface area (Å²) in [7, 11) is 2.99. The zero-order chi connectivity index (χ0) is 15.4. The highest BCUT2D eigenvalue weighted by atomic mass is 19.1. The molecule has 2 aromatic rings. The fourth-order valence-electron chi connectivity index (χ4n) is 1.81. The van der Waals surface area contributed by atoms with Crippen molar-refractivity contribution in [3.05, 3.63) is 47.8 Å². The van der Waals surface area contributed by atoms with Crippen molar-refractivity contribution in [2.24, 2.45) is 0 Å². The van der Waals surface area contributed by atoms with E-state index in [2.05, 4.69) is 5.32 Å². The molecule has 6 heteroatoms. The van der Waals surface area contributed by atoms with Gasteiger partial charge in [0.05, 0.1) is 25.5 Å². The van der Waals surface area contributed by atoms with Crippen LogP contribution in [0.1, 0.15) is 10.4 Å². The van der Waals surface area contributed by atoms with Gasteiger partial charge in [-0.15, -0.1) is 0 Å². The van der Waals surface area contributed by atoms with Crippen LogP contribution in [0.3, 0.4) is 0 Å². The summed E-state index contributed by atoms with van der Waals surface area (Å²) in [5.41, 5.74) is 6.15. The van der Waals surface area contributed by atoms with E-state index in [1.807, 2.05) is 0 Å². The molecular formula is C15H15FN2O3. The predicted octanol–water partition coefficient (Wildman–Crippen LogP) is 2.68. The molecule has 0 aromatic heterocycles. The van der Waals surface area contributed by atoms with Gasteiger partial charge in [-0.1, -0.05) is 0 Å². The van der Waals surface area contributed by atoms with Gasteiger partial charge in [-0.05, 0) is 30.3 Å². The summed E-state index contributed by atoms with van der Waals surface area (Å²) in [5.74, 6) is -0.260. The Labute approximate surface area is 121 Å². The maximum absolute atomic E-state index is 13.7. The minimum absolute atomic E-state index is 0.132. The number of methoxy groups -OCH3 is 2. The number of ether oxygens (including phenoxy) is 2. The summed E-state index contributed by atoms with van der Waals surface area (Å²) >= 11 is 0. The van der Waals surface area contributed by atoms with Crippen molar-refractivity contribution in [3.63, 3.8) is 0 Å². The van der Waals surface area contributed by atoms with Crippen LogP contribution in [0.25, 0.3) is 0 Å². The lowest BCUT2D eigenvalue weighted by Gasteiger charge is -2.12. The molecule has 3 N–H and O–H groups in total. The third kappa shape index (κ3) is 3.22. The van der Waals surface area contributed by atoms with Gasteiger partial charge in [0.1, 0.15) is 17.3 Å². The predicted molar refractivity (Wildman–Crippen MR) is 78.3 cm³/mol. The lowest BCUT2D eigenvalue weighted by atomic mass is 10.1. The molecule has 0 aliphatic heterocycles. The molecule has 0 heterocycles. The van der Waals surface area contributed by atoms with Crippen LogP contribution in [0.2, 0.25) is 0 Å². The molecule has 0 aliphatic rings. The van der Waals surface area contributed by atoms with Gasteiger partial charge in [0.25, 0.3) is 5.91 Å². The average molecular weight is 290 g/mol. The number of nitrogens with one attached hydrogen (secondary N) is 1. The van der Waals surface area contributed by atoms with Crippen molar-refractivity contribution in [1.29, 1.82) is 0 Å². The molecule has 0 spiro atoms. The second kappa shape index (κ2) is 6.13. The lowest BCUT2D eigenvalue weighted by Crippen LogP contribution is -2.14. The van der Waals surface area contributed by atoms with Crippen molar-refractivity contribution in [2.45, 2.75) is 0 Å². The highest BCUT2D eigenvalue weighted by molar-refractivity contribution is 6.05. The van der Waals surface area contributed by atoms with E-state index in [1.54, 1.807) is 18.2 Å². The van der Waals surface area contributed by atoms with Gasteiger partial charge in [0.15, 0.2) is 0 Å². The maximum atomic E-state index is 13.7. The Morgan fingerprint density at radius 2 is 1.90 bits per heavy atom. The van der Waals surface area contributed by atoms with E-state index in [4.69, 9.17) is 15.2 Å². The van der Waals surface area contributed by atoms with Gasteiger partial charge in [-0.3, -0.25) is 4.79 Å². The van der Waals surface area contributed by atoms with Gasteiger partial charge >= 0.3 is 0 Å². The number of halogens is 1. The van der Waals surface area contributed by atoms with Crippen LogP contribution >= 0.6 is 0 Å². The normalized spacial score (nSPS) is 10.0. The molecule has 0 saturated carbocycles. The van der Waals surface area contributed by atoms with Crippen LogP contribution in [0.15, 0.2) is 36.4 Å². The van der Waals surface area contributed by atoms with Crippen molar-refractivity contribution in [1.82, 2.24) is 0 Å². The lowest BCUT2D eigenvalue weighted by molar-refractivity contribution is 0.102. The molecule has 1 amide bonds. The Bertz CT molecular complexity index is 674. The molecule has 0 radical (unpaired) electrons. The first-order valence-electron chi connectivity index (χ1n) is 6.13. The van der Waals surface area contributed by atoms with Crippen LogP contribution in [-0.4, -0.2) is 20.1 Å². The molecule has 0 bridgehead atoms. The molecule has 5 nitrogen and oxygen atoms in total. The van der Waals surface area contributed by atoms with E-state index in [0.29, 0.717) is 22.9 Å². The smallest absolute Gasteiger partial charge is 0.258 e. The van der Waals surface area contributed by atoms with Gasteiger partial charge < -0.3 is 20.5 Å². The molecule has 0 unspecified atom stereocenters. The fourth-order valence-corrected chi connectivity index (χ4v) is 1.81. The Balaban J connectivity index is 2.29. The highest BCUT2D eigenvalue weighted by Gasteiger charge is 2.14. The second-order valence-electron chi connectivity index (χ2n) is 4.26. The molecule has 2 rings (SSSR count). The molecule has 0 aliphatic carbocycles. The number of nitrogens with two attached hydrogens (primary N) is 1. The molecule has 0 saturated heterocycles. The van der Waals surface area contributed by atoms with Crippen LogP contribution in [0.4, 0.5) is 15.8 Å². The Morgan fingerprint density at radius 3 is 2.57 bits per heavy atom. The highest BCUT2D eigenvalue weighted by Crippen LogP contribution is 2.29. The largest absolute Gasteiger partial charge is 0.497 e. The Kier molecular flexibility index (Phi) is 4.27. The number of rotatable bonds is 4. The topological polar surface area (TPSA) is 73.6 Å². The third-order valence-electron chi connectivity index (χ3n) is 2.89. The van der Waals surface area contributed by atoms with Gasteiger partial charge in [0, 0.05) is 11.8 Å². The third-order valence-corrected chi connectivity index (χ3v) is 2.89. The van der Waals surface area contributed by atoms with Crippen molar-refractivity contribution < 1.29 is 18.7 Å². The maximum Gasteiger partial charge on any atom is 0.258 e. The van der Waals surface area contributed by atoms with Crippen LogP contribution in [0, 0.1) is 5.82 Å². The zero-order valence-electron chi connectivity index (χ0n) is 11.6. The number of benzene rings is 2. The summed E-state index contributed by atoms with van der Waals surface area (Å²) in [5, 5.41) is 2.58.